The van der Waals surface area contributed by atoms with Crippen molar-refractivity contribution in [2.75, 3.05) is 6.54 Å². The van der Waals surface area contributed by atoms with Gasteiger partial charge in [-0.25, -0.2) is 8.42 Å². The van der Waals surface area contributed by atoms with E-state index in [2.05, 4.69) is 17.4 Å². The minimum Gasteiger partial charge on any atom is -0.352 e. The zero-order valence-electron chi connectivity index (χ0n) is 21.2. The van der Waals surface area contributed by atoms with Crippen molar-refractivity contribution in [2.45, 2.75) is 57.5 Å². The van der Waals surface area contributed by atoms with Gasteiger partial charge in [-0.2, -0.15) is 4.31 Å². The van der Waals surface area contributed by atoms with Gasteiger partial charge in [0.2, 0.25) is 15.9 Å². The second-order valence-electron chi connectivity index (χ2n) is 10.0. The number of rotatable bonds is 9. The Morgan fingerprint density at radius 2 is 1.53 bits per heavy atom. The van der Waals surface area contributed by atoms with Gasteiger partial charge >= 0.3 is 0 Å². The lowest BCUT2D eigenvalue weighted by Crippen LogP contribution is -2.38. The van der Waals surface area contributed by atoms with Crippen LogP contribution < -0.4 is 5.32 Å². The standard InChI is InChI=1S/C30H36N2O3S/c1-23-11-13-25(14-12-23)20-31-30(33)28-17-15-26(16-18-28)21-32(22-27-8-6-7-24(2)19-27)36(34,35)29-9-4-3-5-10-29/h3-14,19,26,28H,15-18,20-22H2,1-2H3,(H,31,33). The molecule has 0 spiro atoms. The number of hydrogen-bond donors (Lipinski definition) is 1. The van der Waals surface area contributed by atoms with Crippen molar-refractivity contribution in [3.63, 3.8) is 0 Å². The highest BCUT2D eigenvalue weighted by atomic mass is 32.2. The van der Waals surface area contributed by atoms with Crippen LogP contribution in [-0.2, 0) is 27.9 Å². The first-order valence-electron chi connectivity index (χ1n) is 12.8. The van der Waals surface area contributed by atoms with Gasteiger partial charge in [-0.15, -0.1) is 0 Å². The molecule has 0 atom stereocenters. The molecular weight excluding hydrogens is 468 g/mol. The van der Waals surface area contributed by atoms with Crippen molar-refractivity contribution >= 4 is 15.9 Å². The van der Waals surface area contributed by atoms with E-state index in [-0.39, 0.29) is 17.7 Å². The fourth-order valence-corrected chi connectivity index (χ4v) is 6.46. The quantitative estimate of drug-likeness (QED) is 0.411. The molecule has 1 saturated carbocycles. The van der Waals surface area contributed by atoms with Crippen LogP contribution in [-0.4, -0.2) is 25.2 Å². The first kappa shape index (κ1) is 26.1. The number of nitrogens with zero attached hydrogens (tertiary/aromatic N) is 1. The molecule has 5 nitrogen and oxygen atoms in total. The number of hydrogen-bond acceptors (Lipinski definition) is 3. The molecule has 1 aliphatic rings. The summed E-state index contributed by atoms with van der Waals surface area (Å²) in [5, 5.41) is 3.08. The lowest BCUT2D eigenvalue weighted by molar-refractivity contribution is -0.126. The topological polar surface area (TPSA) is 66.5 Å². The molecule has 0 aromatic heterocycles. The third kappa shape index (κ3) is 6.83. The predicted molar refractivity (Wildman–Crippen MR) is 144 cm³/mol. The number of benzene rings is 3. The van der Waals surface area contributed by atoms with E-state index in [0.29, 0.717) is 24.5 Å². The van der Waals surface area contributed by atoms with Crippen LogP contribution in [0.25, 0.3) is 0 Å². The summed E-state index contributed by atoms with van der Waals surface area (Å²) in [5.41, 5.74) is 4.40. The molecule has 0 heterocycles. The molecule has 3 aromatic rings. The normalized spacial score (nSPS) is 18.2. The number of carbonyl (C=O) groups excluding carboxylic acids is 1. The molecule has 0 radical (unpaired) electrons. The SMILES string of the molecule is Cc1ccc(CNC(=O)C2CCC(CN(Cc3cccc(C)c3)S(=O)(=O)c3ccccc3)CC2)cc1. The van der Waals surface area contributed by atoms with Crippen LogP contribution >= 0.6 is 0 Å². The van der Waals surface area contributed by atoms with Crippen molar-refractivity contribution in [3.05, 3.63) is 101 Å². The van der Waals surface area contributed by atoms with E-state index < -0.39 is 10.0 Å². The molecule has 0 saturated heterocycles. The van der Waals surface area contributed by atoms with Crippen molar-refractivity contribution in [3.8, 4) is 0 Å². The summed E-state index contributed by atoms with van der Waals surface area (Å²) in [5.74, 6) is 0.319. The fraction of sp³-hybridized carbons (Fsp3) is 0.367. The molecule has 1 amide bonds. The lowest BCUT2D eigenvalue weighted by Gasteiger charge is -2.32. The van der Waals surface area contributed by atoms with Crippen molar-refractivity contribution < 1.29 is 13.2 Å². The van der Waals surface area contributed by atoms with Gasteiger partial charge in [0.05, 0.1) is 4.90 Å². The second-order valence-corrected chi connectivity index (χ2v) is 12.0. The molecule has 0 aliphatic heterocycles. The third-order valence-electron chi connectivity index (χ3n) is 7.09. The largest absolute Gasteiger partial charge is 0.352 e. The Morgan fingerprint density at radius 3 is 2.19 bits per heavy atom. The molecule has 1 fully saturated rings. The molecule has 3 aromatic carbocycles. The summed E-state index contributed by atoms with van der Waals surface area (Å²) < 4.78 is 28.8. The highest BCUT2D eigenvalue weighted by Crippen LogP contribution is 2.31. The summed E-state index contributed by atoms with van der Waals surface area (Å²) in [6.45, 7) is 5.41. The molecule has 190 valence electrons. The number of carbonyl (C=O) groups is 1. The Labute approximate surface area is 215 Å². The van der Waals surface area contributed by atoms with E-state index in [9.17, 15) is 13.2 Å². The molecule has 1 N–H and O–H groups in total. The highest BCUT2D eigenvalue weighted by molar-refractivity contribution is 7.89. The van der Waals surface area contributed by atoms with E-state index in [1.165, 1.54) is 5.56 Å². The summed E-state index contributed by atoms with van der Waals surface area (Å²) in [4.78, 5) is 13.1. The molecule has 0 unspecified atom stereocenters. The zero-order chi connectivity index (χ0) is 25.5. The Bertz CT molecular complexity index is 1250. The van der Waals surface area contributed by atoms with Gasteiger partial charge in [-0.05, 0) is 68.7 Å². The van der Waals surface area contributed by atoms with Crippen LogP contribution in [0.1, 0.15) is 47.9 Å². The molecule has 0 bridgehead atoms. The Hall–Kier alpha value is -2.96. The molecule has 4 rings (SSSR count). The van der Waals surface area contributed by atoms with E-state index in [4.69, 9.17) is 0 Å². The maximum Gasteiger partial charge on any atom is 0.243 e. The van der Waals surface area contributed by atoms with E-state index in [0.717, 1.165) is 42.4 Å². The molecule has 6 heteroatoms. The summed E-state index contributed by atoms with van der Waals surface area (Å²) in [6.07, 6.45) is 3.26. The minimum absolute atomic E-state index is 0.0114. The monoisotopic (exact) mass is 504 g/mol. The van der Waals surface area contributed by atoms with Gasteiger partial charge in [0, 0.05) is 25.6 Å². The van der Waals surface area contributed by atoms with Crippen molar-refractivity contribution in [2.24, 2.45) is 11.8 Å². The summed E-state index contributed by atoms with van der Waals surface area (Å²) in [6, 6.07) is 24.9. The van der Waals surface area contributed by atoms with Crippen LogP contribution in [0.3, 0.4) is 0 Å². The number of aryl methyl sites for hydroxylation is 2. The third-order valence-corrected chi connectivity index (χ3v) is 8.92. The van der Waals surface area contributed by atoms with Crippen molar-refractivity contribution in [1.29, 1.82) is 0 Å². The van der Waals surface area contributed by atoms with Crippen molar-refractivity contribution in [1.82, 2.24) is 9.62 Å². The highest BCUT2D eigenvalue weighted by Gasteiger charge is 2.31. The summed E-state index contributed by atoms with van der Waals surface area (Å²) in [7, 11) is -3.63. The summed E-state index contributed by atoms with van der Waals surface area (Å²) >= 11 is 0. The fourth-order valence-electron chi connectivity index (χ4n) is 4.94. The van der Waals surface area contributed by atoms with Gasteiger partial charge in [-0.3, -0.25) is 4.79 Å². The van der Waals surface area contributed by atoms with E-state index in [1.54, 1.807) is 28.6 Å². The van der Waals surface area contributed by atoms with Crippen LogP contribution in [0.4, 0.5) is 0 Å². The van der Waals surface area contributed by atoms with E-state index >= 15 is 0 Å². The number of sulfonamides is 1. The number of amides is 1. The first-order chi connectivity index (χ1) is 17.3. The maximum atomic E-state index is 13.6. The Kier molecular flexibility index (Phi) is 8.60. The molecule has 1 aliphatic carbocycles. The zero-order valence-corrected chi connectivity index (χ0v) is 22.0. The van der Waals surface area contributed by atoms with E-state index in [1.807, 2.05) is 56.3 Å². The van der Waals surface area contributed by atoms with Gasteiger partial charge < -0.3 is 5.32 Å². The lowest BCUT2D eigenvalue weighted by atomic mass is 9.81. The predicted octanol–water partition coefficient (Wildman–Crippen LogP) is 5.62. The average Bonchev–Trinajstić information content (AvgIpc) is 2.89. The molecule has 36 heavy (non-hydrogen) atoms. The Morgan fingerprint density at radius 1 is 0.833 bits per heavy atom. The van der Waals surface area contributed by atoms with Gasteiger partial charge in [0.15, 0.2) is 0 Å². The second kappa shape index (κ2) is 11.8. The molecular formula is C30H36N2O3S. The number of nitrogens with one attached hydrogen (secondary N) is 1. The van der Waals surface area contributed by atoms with Crippen LogP contribution in [0, 0.1) is 25.7 Å². The smallest absolute Gasteiger partial charge is 0.243 e. The van der Waals surface area contributed by atoms with Crippen LogP contribution in [0.15, 0.2) is 83.8 Å². The van der Waals surface area contributed by atoms with Gasteiger partial charge in [-0.1, -0.05) is 77.9 Å². The average molecular weight is 505 g/mol. The van der Waals surface area contributed by atoms with Gasteiger partial charge in [0.1, 0.15) is 0 Å². The van der Waals surface area contributed by atoms with Crippen LogP contribution in [0.5, 0.6) is 0 Å². The first-order valence-corrected chi connectivity index (χ1v) is 14.2. The maximum absolute atomic E-state index is 13.6. The van der Waals surface area contributed by atoms with Crippen LogP contribution in [0.2, 0.25) is 0 Å². The Balaban J connectivity index is 1.38. The minimum atomic E-state index is -3.63. The van der Waals surface area contributed by atoms with Gasteiger partial charge in [0.25, 0.3) is 0 Å².